The summed E-state index contributed by atoms with van der Waals surface area (Å²) in [5.41, 5.74) is 0. The molecule has 2 heterocycles. The zero-order valence-corrected chi connectivity index (χ0v) is 15.0. The Morgan fingerprint density at radius 3 is 2.68 bits per heavy atom. The van der Waals surface area contributed by atoms with Crippen molar-refractivity contribution in [2.24, 2.45) is 10.9 Å². The first-order chi connectivity index (χ1) is 12.3. The van der Waals surface area contributed by atoms with E-state index in [4.69, 9.17) is 4.42 Å². The van der Waals surface area contributed by atoms with Crippen LogP contribution in [0, 0.1) is 5.92 Å². The van der Waals surface area contributed by atoms with Gasteiger partial charge < -0.3 is 20.4 Å². The predicted molar refractivity (Wildman–Crippen MR) is 97.4 cm³/mol. The van der Waals surface area contributed by atoms with Crippen LogP contribution in [0.2, 0.25) is 0 Å². The molecule has 1 aliphatic carbocycles. The molecule has 0 aromatic carbocycles. The summed E-state index contributed by atoms with van der Waals surface area (Å²) in [6.45, 7) is 4.22. The van der Waals surface area contributed by atoms with Gasteiger partial charge in [0, 0.05) is 32.6 Å². The van der Waals surface area contributed by atoms with Crippen LogP contribution >= 0.6 is 0 Å². The number of furan rings is 1. The van der Waals surface area contributed by atoms with E-state index in [9.17, 15) is 4.79 Å². The highest BCUT2D eigenvalue weighted by atomic mass is 16.3. The van der Waals surface area contributed by atoms with Gasteiger partial charge >= 0.3 is 0 Å². The number of aliphatic imine (C=N–C) groups is 1. The molecule has 0 bridgehead atoms. The van der Waals surface area contributed by atoms with Crippen molar-refractivity contribution >= 4 is 11.9 Å². The number of nitrogens with one attached hydrogen (secondary N) is 3. The van der Waals surface area contributed by atoms with E-state index in [2.05, 4.69) is 25.8 Å². The molecule has 1 aliphatic heterocycles. The largest absolute Gasteiger partial charge is 0.468 e. The molecular formula is C18H29N5O2. The van der Waals surface area contributed by atoms with Crippen LogP contribution in [0.4, 0.5) is 0 Å². The maximum Gasteiger partial charge on any atom is 0.223 e. The van der Waals surface area contributed by atoms with Gasteiger partial charge in [-0.2, -0.15) is 0 Å². The van der Waals surface area contributed by atoms with Crippen molar-refractivity contribution in [1.82, 2.24) is 20.9 Å². The number of hydrogen-bond donors (Lipinski definition) is 3. The maximum absolute atomic E-state index is 11.6. The Morgan fingerprint density at radius 2 is 2.04 bits per heavy atom. The number of rotatable bonds is 8. The number of carbonyl (C=O) groups excluding carboxylic acids is 1. The third kappa shape index (κ3) is 5.22. The Balaban J connectivity index is 1.42. The molecular weight excluding hydrogens is 318 g/mol. The highest BCUT2D eigenvalue weighted by Crippen LogP contribution is 2.28. The lowest BCUT2D eigenvalue weighted by molar-refractivity contribution is -0.122. The minimum absolute atomic E-state index is 0.177. The number of hydrogen-bond acceptors (Lipinski definition) is 4. The summed E-state index contributed by atoms with van der Waals surface area (Å²) in [4.78, 5) is 18.3. The van der Waals surface area contributed by atoms with E-state index in [1.54, 1.807) is 13.3 Å². The summed E-state index contributed by atoms with van der Waals surface area (Å²) >= 11 is 0. The van der Waals surface area contributed by atoms with Gasteiger partial charge in [-0.15, -0.1) is 0 Å². The molecule has 1 aromatic heterocycles. The van der Waals surface area contributed by atoms with Crippen LogP contribution < -0.4 is 16.0 Å². The first-order valence-electron chi connectivity index (χ1n) is 9.27. The molecule has 7 heteroatoms. The topological polar surface area (TPSA) is 81.9 Å². The molecule has 7 nitrogen and oxygen atoms in total. The Morgan fingerprint density at radius 1 is 1.28 bits per heavy atom. The Labute approximate surface area is 149 Å². The summed E-state index contributed by atoms with van der Waals surface area (Å²) in [7, 11) is 1.76. The second-order valence-corrected chi connectivity index (χ2v) is 6.72. The molecule has 3 N–H and O–H groups in total. The van der Waals surface area contributed by atoms with Gasteiger partial charge in [0.05, 0.1) is 12.3 Å². The van der Waals surface area contributed by atoms with E-state index in [-0.39, 0.29) is 17.9 Å². The molecule has 1 amide bonds. The Kier molecular flexibility index (Phi) is 6.33. The normalized spacial score (nSPS) is 19.6. The number of amides is 1. The third-order valence-corrected chi connectivity index (χ3v) is 4.80. The van der Waals surface area contributed by atoms with E-state index in [0.717, 1.165) is 44.2 Å². The fraction of sp³-hybridized carbons (Fsp3) is 0.667. The van der Waals surface area contributed by atoms with Crippen LogP contribution in [0.15, 0.2) is 27.8 Å². The zero-order valence-electron chi connectivity index (χ0n) is 15.0. The molecule has 1 unspecified atom stereocenters. The first kappa shape index (κ1) is 17.8. The highest BCUT2D eigenvalue weighted by molar-refractivity contribution is 5.81. The fourth-order valence-corrected chi connectivity index (χ4v) is 3.21. The van der Waals surface area contributed by atoms with Crippen molar-refractivity contribution < 1.29 is 9.21 Å². The van der Waals surface area contributed by atoms with Crippen molar-refractivity contribution in [3.63, 3.8) is 0 Å². The molecule has 1 atom stereocenters. The lowest BCUT2D eigenvalue weighted by Crippen LogP contribution is -2.44. The van der Waals surface area contributed by atoms with Crippen LogP contribution in [0.25, 0.3) is 0 Å². The van der Waals surface area contributed by atoms with Crippen molar-refractivity contribution in [2.75, 3.05) is 39.8 Å². The second-order valence-electron chi connectivity index (χ2n) is 6.72. The van der Waals surface area contributed by atoms with E-state index in [1.165, 1.54) is 12.8 Å². The first-order valence-corrected chi connectivity index (χ1v) is 9.27. The van der Waals surface area contributed by atoms with Crippen LogP contribution in [0.3, 0.4) is 0 Å². The van der Waals surface area contributed by atoms with Gasteiger partial charge in [-0.1, -0.05) is 0 Å². The highest BCUT2D eigenvalue weighted by Gasteiger charge is 2.29. The lowest BCUT2D eigenvalue weighted by Gasteiger charge is -2.26. The van der Waals surface area contributed by atoms with Gasteiger partial charge in [0.25, 0.3) is 0 Å². The van der Waals surface area contributed by atoms with E-state index in [1.807, 2.05) is 12.1 Å². The lowest BCUT2D eigenvalue weighted by atomic mass is 10.2. The summed E-state index contributed by atoms with van der Waals surface area (Å²) in [5, 5.41) is 9.58. The Hall–Kier alpha value is -2.02. The molecule has 1 saturated carbocycles. The number of carbonyl (C=O) groups is 1. The molecule has 1 saturated heterocycles. The summed E-state index contributed by atoms with van der Waals surface area (Å²) in [6.07, 6.45) is 6.28. The maximum atomic E-state index is 11.6. The van der Waals surface area contributed by atoms with Crippen molar-refractivity contribution in [3.8, 4) is 0 Å². The molecule has 0 radical (unpaired) electrons. The van der Waals surface area contributed by atoms with E-state index < -0.39 is 0 Å². The molecule has 1 aromatic rings. The number of guanidine groups is 1. The van der Waals surface area contributed by atoms with E-state index >= 15 is 0 Å². The minimum atomic E-state index is 0.177. The van der Waals surface area contributed by atoms with Crippen LogP contribution in [0.1, 0.15) is 37.5 Å². The SMILES string of the molecule is CN=C(NCCNC(=O)C1CC1)NCC(c1ccco1)N1CCCC1. The van der Waals surface area contributed by atoms with Crippen molar-refractivity contribution in [3.05, 3.63) is 24.2 Å². The van der Waals surface area contributed by atoms with Gasteiger partial charge in [0.15, 0.2) is 5.96 Å². The van der Waals surface area contributed by atoms with Gasteiger partial charge in [-0.3, -0.25) is 14.7 Å². The summed E-state index contributed by atoms with van der Waals surface area (Å²) in [6, 6.07) is 4.19. The van der Waals surface area contributed by atoms with Gasteiger partial charge in [-0.25, -0.2) is 0 Å². The quantitative estimate of drug-likeness (QED) is 0.373. The van der Waals surface area contributed by atoms with E-state index in [0.29, 0.717) is 13.1 Å². The molecule has 2 aliphatic rings. The minimum Gasteiger partial charge on any atom is -0.468 e. The summed E-state index contributed by atoms with van der Waals surface area (Å²) in [5.74, 6) is 2.17. The van der Waals surface area contributed by atoms with Crippen LogP contribution in [0.5, 0.6) is 0 Å². The number of nitrogens with zero attached hydrogens (tertiary/aromatic N) is 2. The Bertz CT molecular complexity index is 562. The zero-order chi connectivity index (χ0) is 17.5. The van der Waals surface area contributed by atoms with Gasteiger partial charge in [-0.05, 0) is 50.9 Å². The second kappa shape index (κ2) is 8.89. The molecule has 138 valence electrons. The van der Waals surface area contributed by atoms with Crippen LogP contribution in [-0.2, 0) is 4.79 Å². The monoisotopic (exact) mass is 347 g/mol. The van der Waals surface area contributed by atoms with Gasteiger partial charge in [0.1, 0.15) is 5.76 Å². The molecule has 0 spiro atoms. The van der Waals surface area contributed by atoms with Crippen LogP contribution in [-0.4, -0.2) is 56.5 Å². The fourth-order valence-electron chi connectivity index (χ4n) is 3.21. The van der Waals surface area contributed by atoms with Gasteiger partial charge in [0.2, 0.25) is 5.91 Å². The molecule has 2 fully saturated rings. The van der Waals surface area contributed by atoms with Crippen molar-refractivity contribution in [2.45, 2.75) is 31.7 Å². The standard InChI is InChI=1S/C18H29N5O2/c1-19-18(21-9-8-20-17(24)14-6-7-14)22-13-15(16-5-4-12-25-16)23-10-2-3-11-23/h4-5,12,14-15H,2-3,6-11,13H2,1H3,(H,20,24)(H2,19,21,22). The molecule has 3 rings (SSSR count). The predicted octanol–water partition coefficient (Wildman–Crippen LogP) is 1.11. The molecule has 25 heavy (non-hydrogen) atoms. The third-order valence-electron chi connectivity index (χ3n) is 4.80. The average Bonchev–Trinajstić information content (AvgIpc) is 3.10. The average molecular weight is 347 g/mol. The summed E-state index contributed by atoms with van der Waals surface area (Å²) < 4.78 is 5.64. The smallest absolute Gasteiger partial charge is 0.223 e. The van der Waals surface area contributed by atoms with Crippen molar-refractivity contribution in [1.29, 1.82) is 0 Å². The number of likely N-dealkylation sites (tertiary alicyclic amines) is 1.